The second-order valence-corrected chi connectivity index (χ2v) is 10.9. The maximum Gasteiger partial charge on any atom is 0.416 e. The summed E-state index contributed by atoms with van der Waals surface area (Å²) in [5, 5.41) is 10.2. The molecule has 0 saturated carbocycles. The topological polar surface area (TPSA) is 72.5 Å². The molecule has 42 heavy (non-hydrogen) atoms. The zero-order valence-electron chi connectivity index (χ0n) is 21.9. The van der Waals surface area contributed by atoms with Crippen LogP contribution in [-0.4, -0.2) is 42.8 Å². The van der Waals surface area contributed by atoms with Crippen molar-refractivity contribution in [3.8, 4) is 22.3 Å². The van der Waals surface area contributed by atoms with Crippen LogP contribution in [0.1, 0.15) is 28.8 Å². The predicted molar refractivity (Wildman–Crippen MR) is 154 cm³/mol. The normalized spacial score (nSPS) is 15.5. The Labute approximate surface area is 247 Å². The van der Waals surface area contributed by atoms with Crippen LogP contribution in [-0.2, 0) is 12.7 Å². The quantitative estimate of drug-likeness (QED) is 0.218. The SMILES string of the molecule is O=C(c1ccc(C(F)(F)F)cc1)N1CCCC1Cn1nc2c(-c3ccc(Cl)cc3)c(-c3ccc(Cl)cc3)cnn2c1=O. The minimum Gasteiger partial charge on any atom is -0.334 e. The number of fused-ring (bicyclic) bond motifs is 1. The van der Waals surface area contributed by atoms with Crippen LogP contribution in [0, 0.1) is 0 Å². The molecule has 2 aromatic heterocycles. The van der Waals surface area contributed by atoms with Gasteiger partial charge in [-0.1, -0.05) is 47.5 Å². The molecule has 1 aliphatic rings. The van der Waals surface area contributed by atoms with E-state index in [1.54, 1.807) is 35.4 Å². The van der Waals surface area contributed by atoms with Crippen LogP contribution in [0.2, 0.25) is 10.0 Å². The lowest BCUT2D eigenvalue weighted by Gasteiger charge is -2.24. The van der Waals surface area contributed by atoms with E-state index in [4.69, 9.17) is 23.2 Å². The molecule has 1 unspecified atom stereocenters. The van der Waals surface area contributed by atoms with E-state index in [0.717, 1.165) is 28.8 Å². The summed E-state index contributed by atoms with van der Waals surface area (Å²) in [6.07, 6.45) is -1.59. The van der Waals surface area contributed by atoms with Crippen molar-refractivity contribution < 1.29 is 18.0 Å². The van der Waals surface area contributed by atoms with Gasteiger partial charge in [0, 0.05) is 33.3 Å². The van der Waals surface area contributed by atoms with Gasteiger partial charge < -0.3 is 4.90 Å². The molecule has 1 amide bonds. The lowest BCUT2D eigenvalue weighted by Crippen LogP contribution is -2.40. The number of likely N-dealkylation sites (tertiary alicyclic amines) is 1. The van der Waals surface area contributed by atoms with Crippen molar-refractivity contribution in [2.24, 2.45) is 0 Å². The fourth-order valence-electron chi connectivity index (χ4n) is 5.29. The fraction of sp³-hybridized carbons (Fsp3) is 0.200. The number of hydrogen-bond acceptors (Lipinski definition) is 4. The molecule has 12 heteroatoms. The second-order valence-electron chi connectivity index (χ2n) is 10.0. The molecule has 7 nitrogen and oxygen atoms in total. The summed E-state index contributed by atoms with van der Waals surface area (Å²) < 4.78 is 41.5. The molecular weight excluding hydrogens is 590 g/mol. The minimum absolute atomic E-state index is 0.102. The molecule has 6 rings (SSSR count). The van der Waals surface area contributed by atoms with Gasteiger partial charge in [0.15, 0.2) is 5.65 Å². The summed E-state index contributed by atoms with van der Waals surface area (Å²) in [5.74, 6) is -0.395. The molecule has 0 bridgehead atoms. The Bertz CT molecular complexity index is 1830. The number of carbonyl (C=O) groups excluding carboxylic acids is 1. The molecule has 1 atom stereocenters. The third-order valence-corrected chi connectivity index (χ3v) is 7.89. The number of benzene rings is 3. The van der Waals surface area contributed by atoms with Gasteiger partial charge in [-0.15, -0.1) is 5.10 Å². The number of nitrogens with zero attached hydrogens (tertiary/aromatic N) is 5. The van der Waals surface area contributed by atoms with E-state index in [9.17, 15) is 22.8 Å². The number of aromatic nitrogens is 4. The number of carbonyl (C=O) groups is 1. The first-order chi connectivity index (χ1) is 20.1. The maximum absolute atomic E-state index is 13.5. The highest BCUT2D eigenvalue weighted by molar-refractivity contribution is 6.31. The van der Waals surface area contributed by atoms with Crippen molar-refractivity contribution in [3.05, 3.63) is 111 Å². The number of hydrogen-bond donors (Lipinski definition) is 0. The molecule has 214 valence electrons. The first-order valence-electron chi connectivity index (χ1n) is 13.1. The number of amides is 1. The Morgan fingerprint density at radius 2 is 1.52 bits per heavy atom. The van der Waals surface area contributed by atoms with Crippen molar-refractivity contribution in [2.45, 2.75) is 31.6 Å². The Hall–Kier alpha value is -4.15. The van der Waals surface area contributed by atoms with Crippen LogP contribution in [0.4, 0.5) is 13.2 Å². The zero-order chi connectivity index (χ0) is 29.6. The van der Waals surface area contributed by atoms with Crippen LogP contribution < -0.4 is 5.69 Å². The summed E-state index contributed by atoms with van der Waals surface area (Å²) in [5.41, 5.74) is 2.18. The van der Waals surface area contributed by atoms with Crippen molar-refractivity contribution >= 4 is 34.8 Å². The molecule has 1 saturated heterocycles. The highest BCUT2D eigenvalue weighted by atomic mass is 35.5. The summed E-state index contributed by atoms with van der Waals surface area (Å²) >= 11 is 12.3. The van der Waals surface area contributed by atoms with E-state index in [-0.39, 0.29) is 18.2 Å². The molecule has 3 heterocycles. The van der Waals surface area contributed by atoms with Gasteiger partial charge >= 0.3 is 11.9 Å². The number of alkyl halides is 3. The van der Waals surface area contributed by atoms with Gasteiger partial charge in [-0.2, -0.15) is 22.8 Å². The highest BCUT2D eigenvalue weighted by Gasteiger charge is 2.33. The van der Waals surface area contributed by atoms with Gasteiger partial charge in [0.1, 0.15) is 0 Å². The Balaban J connectivity index is 1.37. The molecular formula is C30H22Cl2F3N5O2. The minimum atomic E-state index is -4.49. The Morgan fingerprint density at radius 3 is 2.14 bits per heavy atom. The van der Waals surface area contributed by atoms with Gasteiger partial charge in [0.2, 0.25) is 0 Å². The smallest absolute Gasteiger partial charge is 0.334 e. The van der Waals surface area contributed by atoms with E-state index < -0.39 is 23.3 Å². The van der Waals surface area contributed by atoms with E-state index in [2.05, 4.69) is 10.2 Å². The predicted octanol–water partition coefficient (Wildman–Crippen LogP) is 6.86. The summed E-state index contributed by atoms with van der Waals surface area (Å²) in [7, 11) is 0. The summed E-state index contributed by atoms with van der Waals surface area (Å²) in [6, 6.07) is 18.2. The highest BCUT2D eigenvalue weighted by Crippen LogP contribution is 2.35. The first kappa shape index (κ1) is 28.0. The van der Waals surface area contributed by atoms with E-state index >= 15 is 0 Å². The van der Waals surface area contributed by atoms with Gasteiger partial charge in [-0.3, -0.25) is 4.79 Å². The van der Waals surface area contributed by atoms with E-state index in [0.29, 0.717) is 40.6 Å². The van der Waals surface area contributed by atoms with Crippen molar-refractivity contribution in [3.63, 3.8) is 0 Å². The van der Waals surface area contributed by atoms with Crippen LogP contribution in [0.5, 0.6) is 0 Å². The summed E-state index contributed by atoms with van der Waals surface area (Å²) in [6.45, 7) is 0.520. The van der Waals surface area contributed by atoms with Crippen LogP contribution in [0.15, 0.2) is 83.8 Å². The largest absolute Gasteiger partial charge is 0.416 e. The maximum atomic E-state index is 13.5. The lowest BCUT2D eigenvalue weighted by molar-refractivity contribution is -0.137. The zero-order valence-corrected chi connectivity index (χ0v) is 23.4. The number of halogens is 5. The number of rotatable bonds is 5. The van der Waals surface area contributed by atoms with Crippen LogP contribution >= 0.6 is 23.2 Å². The average Bonchev–Trinajstić information content (AvgIpc) is 3.57. The van der Waals surface area contributed by atoms with E-state index in [1.807, 2.05) is 24.3 Å². The molecule has 1 fully saturated rings. The molecule has 0 N–H and O–H groups in total. The van der Waals surface area contributed by atoms with Gasteiger partial charge in [-0.05, 0) is 72.5 Å². The van der Waals surface area contributed by atoms with E-state index in [1.165, 1.54) is 21.3 Å². The molecule has 3 aromatic carbocycles. The molecule has 1 aliphatic heterocycles. The standard InChI is InChI=1S/C30H22Cl2F3N5O2/c31-22-11-5-18(6-12-22)25-16-36-40-27(26(25)19-7-13-23(32)14-8-19)37-39(29(40)42)17-24-2-1-15-38(24)28(41)20-3-9-21(10-4-20)30(33,34)35/h3-14,16,24H,1-2,15,17H2. The van der Waals surface area contributed by atoms with Gasteiger partial charge in [0.05, 0.1) is 24.3 Å². The van der Waals surface area contributed by atoms with Crippen LogP contribution in [0.3, 0.4) is 0 Å². The third kappa shape index (κ3) is 5.28. The van der Waals surface area contributed by atoms with Crippen molar-refractivity contribution in [1.82, 2.24) is 24.3 Å². The molecule has 0 aliphatic carbocycles. The van der Waals surface area contributed by atoms with Crippen LogP contribution in [0.25, 0.3) is 27.9 Å². The monoisotopic (exact) mass is 611 g/mol. The first-order valence-corrected chi connectivity index (χ1v) is 13.8. The van der Waals surface area contributed by atoms with Gasteiger partial charge in [0.25, 0.3) is 5.91 Å². The second kappa shape index (κ2) is 10.9. The average molecular weight is 612 g/mol. The third-order valence-electron chi connectivity index (χ3n) is 7.38. The summed E-state index contributed by atoms with van der Waals surface area (Å²) in [4.78, 5) is 28.3. The molecule has 5 aromatic rings. The molecule has 0 radical (unpaired) electrons. The van der Waals surface area contributed by atoms with Crippen molar-refractivity contribution in [2.75, 3.05) is 6.54 Å². The van der Waals surface area contributed by atoms with Gasteiger partial charge in [-0.25, -0.2) is 9.48 Å². The van der Waals surface area contributed by atoms with Crippen molar-refractivity contribution in [1.29, 1.82) is 0 Å². The fourth-order valence-corrected chi connectivity index (χ4v) is 5.54. The molecule has 0 spiro atoms. The lowest BCUT2D eigenvalue weighted by atomic mass is 9.97. The Morgan fingerprint density at radius 1 is 0.905 bits per heavy atom. The Kier molecular flexibility index (Phi) is 7.28.